The molecule has 0 atom stereocenters. The summed E-state index contributed by atoms with van der Waals surface area (Å²) in [6.45, 7) is 3.53. The molecule has 0 saturated heterocycles. The molecular formula is C13H12ClN3O4. The fraction of sp³-hybridized carbons (Fsp3) is 0.231. The van der Waals surface area contributed by atoms with Crippen LogP contribution in [-0.4, -0.2) is 22.0 Å². The Morgan fingerprint density at radius 2 is 1.86 bits per heavy atom. The van der Waals surface area contributed by atoms with E-state index < -0.39 is 4.92 Å². The summed E-state index contributed by atoms with van der Waals surface area (Å²) in [6, 6.07) is 4.00. The first-order valence-electron chi connectivity index (χ1n) is 5.93. The van der Waals surface area contributed by atoms with Crippen LogP contribution in [0.1, 0.15) is 11.4 Å². The van der Waals surface area contributed by atoms with Crippen molar-refractivity contribution in [1.29, 1.82) is 0 Å². The topological polar surface area (TPSA) is 87.4 Å². The molecule has 0 amide bonds. The number of aromatic nitrogens is 2. The highest BCUT2D eigenvalue weighted by atomic mass is 35.5. The minimum Gasteiger partial charge on any atom is -0.493 e. The highest BCUT2D eigenvalue weighted by Gasteiger charge is 2.16. The third-order valence-electron chi connectivity index (χ3n) is 2.80. The van der Waals surface area contributed by atoms with Gasteiger partial charge < -0.3 is 9.47 Å². The molecule has 8 heteroatoms. The molecule has 0 saturated carbocycles. The lowest BCUT2D eigenvalue weighted by Crippen LogP contribution is -1.99. The van der Waals surface area contributed by atoms with E-state index in [0.29, 0.717) is 17.1 Å². The molecule has 0 N–H and O–H groups in total. The summed E-state index contributed by atoms with van der Waals surface area (Å²) in [7, 11) is 1.43. The minimum absolute atomic E-state index is 0.0681. The maximum atomic E-state index is 10.8. The molecule has 2 aromatic rings. The summed E-state index contributed by atoms with van der Waals surface area (Å²) in [5.74, 6) is 0.543. The molecule has 0 unspecified atom stereocenters. The van der Waals surface area contributed by atoms with Crippen LogP contribution in [0.3, 0.4) is 0 Å². The molecule has 1 aromatic heterocycles. The van der Waals surface area contributed by atoms with Crippen molar-refractivity contribution in [2.45, 2.75) is 13.8 Å². The van der Waals surface area contributed by atoms with E-state index in [0.717, 1.165) is 0 Å². The standard InChI is InChI=1S/C13H12ClN3O4/c1-7-8(2)16-13(12(14)15-7)21-11-6-9(17(18)19)4-5-10(11)20-3/h4-6H,1-3H3. The zero-order chi connectivity index (χ0) is 15.6. The maximum absolute atomic E-state index is 10.8. The smallest absolute Gasteiger partial charge is 0.273 e. The second-order valence-corrected chi connectivity index (χ2v) is 4.54. The van der Waals surface area contributed by atoms with Gasteiger partial charge in [0, 0.05) is 6.07 Å². The van der Waals surface area contributed by atoms with Gasteiger partial charge >= 0.3 is 0 Å². The number of nitro benzene ring substituents is 1. The van der Waals surface area contributed by atoms with Gasteiger partial charge in [0.1, 0.15) is 0 Å². The van der Waals surface area contributed by atoms with Gasteiger partial charge in [0.25, 0.3) is 11.6 Å². The largest absolute Gasteiger partial charge is 0.493 e. The summed E-state index contributed by atoms with van der Waals surface area (Å²) >= 11 is 5.98. The van der Waals surface area contributed by atoms with Crippen LogP contribution >= 0.6 is 11.6 Å². The first-order valence-corrected chi connectivity index (χ1v) is 6.31. The Labute approximate surface area is 125 Å². The number of aryl methyl sites for hydroxylation is 2. The third kappa shape index (κ3) is 3.19. The van der Waals surface area contributed by atoms with Crippen molar-refractivity contribution in [3.05, 3.63) is 44.9 Å². The number of hydrogen-bond donors (Lipinski definition) is 0. The van der Waals surface area contributed by atoms with Crippen molar-refractivity contribution < 1.29 is 14.4 Å². The molecule has 0 bridgehead atoms. The predicted molar refractivity (Wildman–Crippen MR) is 76.2 cm³/mol. The van der Waals surface area contributed by atoms with Crippen molar-refractivity contribution in [3.8, 4) is 17.4 Å². The number of nitro groups is 1. The fourth-order valence-electron chi connectivity index (χ4n) is 1.58. The monoisotopic (exact) mass is 309 g/mol. The Bertz CT molecular complexity index is 706. The molecule has 0 fully saturated rings. The lowest BCUT2D eigenvalue weighted by Gasteiger charge is -2.11. The van der Waals surface area contributed by atoms with Gasteiger partial charge in [0.15, 0.2) is 16.7 Å². The Morgan fingerprint density at radius 3 is 2.48 bits per heavy atom. The van der Waals surface area contributed by atoms with Gasteiger partial charge in [-0.2, -0.15) is 0 Å². The average molecular weight is 310 g/mol. The van der Waals surface area contributed by atoms with Gasteiger partial charge in [-0.1, -0.05) is 11.6 Å². The first kappa shape index (κ1) is 15.0. The predicted octanol–water partition coefficient (Wildman–Crippen LogP) is 3.46. The van der Waals surface area contributed by atoms with Gasteiger partial charge in [-0.3, -0.25) is 10.1 Å². The molecule has 2 rings (SSSR count). The van der Waals surface area contributed by atoms with E-state index in [2.05, 4.69) is 9.97 Å². The average Bonchev–Trinajstić information content (AvgIpc) is 2.44. The molecule has 7 nitrogen and oxygen atoms in total. The maximum Gasteiger partial charge on any atom is 0.273 e. The molecule has 21 heavy (non-hydrogen) atoms. The van der Waals surface area contributed by atoms with Crippen molar-refractivity contribution in [3.63, 3.8) is 0 Å². The van der Waals surface area contributed by atoms with Gasteiger partial charge in [-0.25, -0.2) is 9.97 Å². The Hall–Kier alpha value is -2.41. The van der Waals surface area contributed by atoms with E-state index >= 15 is 0 Å². The number of hydrogen-bond acceptors (Lipinski definition) is 6. The quantitative estimate of drug-likeness (QED) is 0.635. The normalized spacial score (nSPS) is 10.3. The summed E-state index contributed by atoms with van der Waals surface area (Å²) in [5.41, 5.74) is 1.20. The van der Waals surface area contributed by atoms with E-state index in [1.54, 1.807) is 13.8 Å². The Kier molecular flexibility index (Phi) is 4.23. The summed E-state index contributed by atoms with van der Waals surface area (Å²) in [6.07, 6.45) is 0. The van der Waals surface area contributed by atoms with Crippen LogP contribution in [0.15, 0.2) is 18.2 Å². The van der Waals surface area contributed by atoms with Crippen LogP contribution in [0.25, 0.3) is 0 Å². The van der Waals surface area contributed by atoms with Crippen molar-refractivity contribution in [2.24, 2.45) is 0 Å². The fourth-order valence-corrected chi connectivity index (χ4v) is 1.79. The lowest BCUT2D eigenvalue weighted by molar-refractivity contribution is -0.384. The van der Waals surface area contributed by atoms with Gasteiger partial charge in [-0.15, -0.1) is 0 Å². The summed E-state index contributed by atoms with van der Waals surface area (Å²) in [5, 5.41) is 10.9. The third-order valence-corrected chi connectivity index (χ3v) is 3.05. The SMILES string of the molecule is COc1ccc([N+](=O)[O-])cc1Oc1nc(C)c(C)nc1Cl. The van der Waals surface area contributed by atoms with Crippen LogP contribution in [0.4, 0.5) is 5.69 Å². The molecule has 0 radical (unpaired) electrons. The highest BCUT2D eigenvalue weighted by Crippen LogP contribution is 2.36. The van der Waals surface area contributed by atoms with Crippen molar-refractivity contribution in [2.75, 3.05) is 7.11 Å². The number of nitrogens with zero attached hydrogens (tertiary/aromatic N) is 3. The van der Waals surface area contributed by atoms with E-state index in [1.165, 1.54) is 25.3 Å². The zero-order valence-corrected chi connectivity index (χ0v) is 12.3. The second-order valence-electron chi connectivity index (χ2n) is 4.18. The molecule has 0 spiro atoms. The molecule has 0 aliphatic rings. The van der Waals surface area contributed by atoms with Crippen molar-refractivity contribution in [1.82, 2.24) is 9.97 Å². The van der Waals surface area contributed by atoms with E-state index in [9.17, 15) is 10.1 Å². The van der Waals surface area contributed by atoms with Crippen molar-refractivity contribution >= 4 is 17.3 Å². The number of methoxy groups -OCH3 is 1. The first-order chi connectivity index (χ1) is 9.92. The van der Waals surface area contributed by atoms with E-state index in [1.807, 2.05) is 0 Å². The van der Waals surface area contributed by atoms with Gasteiger partial charge in [-0.05, 0) is 19.9 Å². The number of rotatable bonds is 4. The molecule has 0 aliphatic carbocycles. The molecule has 1 aromatic carbocycles. The summed E-state index contributed by atoms with van der Waals surface area (Å²) < 4.78 is 10.6. The zero-order valence-electron chi connectivity index (χ0n) is 11.6. The number of ether oxygens (including phenoxy) is 2. The van der Waals surface area contributed by atoms with Gasteiger partial charge in [0.2, 0.25) is 0 Å². The number of halogens is 1. The van der Waals surface area contributed by atoms with Crippen LogP contribution < -0.4 is 9.47 Å². The molecule has 0 aliphatic heterocycles. The Morgan fingerprint density at radius 1 is 1.19 bits per heavy atom. The number of non-ortho nitro benzene ring substituents is 1. The van der Waals surface area contributed by atoms with Crippen LogP contribution in [-0.2, 0) is 0 Å². The minimum atomic E-state index is -0.528. The highest BCUT2D eigenvalue weighted by molar-refractivity contribution is 6.30. The molecule has 110 valence electrons. The van der Waals surface area contributed by atoms with E-state index in [4.69, 9.17) is 21.1 Å². The van der Waals surface area contributed by atoms with Crippen LogP contribution in [0, 0.1) is 24.0 Å². The van der Waals surface area contributed by atoms with Gasteiger partial charge in [0.05, 0.1) is 29.5 Å². The van der Waals surface area contributed by atoms with E-state index in [-0.39, 0.29) is 22.5 Å². The summed E-state index contributed by atoms with van der Waals surface area (Å²) in [4.78, 5) is 18.6. The second kappa shape index (κ2) is 5.92. The molecule has 1 heterocycles. The lowest BCUT2D eigenvalue weighted by atomic mass is 10.3. The van der Waals surface area contributed by atoms with Crippen LogP contribution in [0.5, 0.6) is 17.4 Å². The van der Waals surface area contributed by atoms with Crippen LogP contribution in [0.2, 0.25) is 5.15 Å². The molecular weight excluding hydrogens is 298 g/mol. The Balaban J connectivity index is 2.45. The number of benzene rings is 1.